The van der Waals surface area contributed by atoms with Gasteiger partial charge in [0, 0.05) is 6.42 Å². The number of H-pyrrole nitrogens is 1. The minimum atomic E-state index is -1.02. The number of aromatic nitrogens is 3. The fraction of sp³-hybridized carbons (Fsp3) is 0.227. The molecule has 1 heterocycles. The maximum atomic E-state index is 11.6. The number of carbonyl (C=O) groups is 1. The Kier molecular flexibility index (Phi) is 7.08. The van der Waals surface area contributed by atoms with Crippen LogP contribution in [0.15, 0.2) is 58.6 Å². The molecule has 0 atom stereocenters. The van der Waals surface area contributed by atoms with Gasteiger partial charge >= 0.3 is 5.97 Å². The van der Waals surface area contributed by atoms with E-state index in [9.17, 15) is 9.90 Å². The summed E-state index contributed by atoms with van der Waals surface area (Å²) in [6.45, 7) is 4.58. The lowest BCUT2D eigenvalue weighted by Gasteiger charge is -2.07. The smallest absolute Gasteiger partial charge is 0.342 e. The molecule has 0 aliphatic rings. The number of aliphatic carboxylic acids is 1. The first-order valence-corrected chi connectivity index (χ1v) is 10.2. The molecule has 150 valence electrons. The van der Waals surface area contributed by atoms with Crippen LogP contribution in [-0.2, 0) is 17.8 Å². The van der Waals surface area contributed by atoms with E-state index in [1.54, 1.807) is 6.08 Å². The fourth-order valence-electron chi connectivity index (χ4n) is 2.57. The third-order valence-corrected chi connectivity index (χ3v) is 4.99. The second-order valence-electron chi connectivity index (χ2n) is 6.57. The Hall–Kier alpha value is -3.06. The molecule has 0 amide bonds. The normalized spacial score (nSPS) is 11.4. The van der Waals surface area contributed by atoms with Gasteiger partial charge in [-0.15, -0.1) is 5.10 Å². The zero-order valence-corrected chi connectivity index (χ0v) is 17.2. The molecule has 0 aliphatic carbocycles. The van der Waals surface area contributed by atoms with Gasteiger partial charge in [0.05, 0.1) is 0 Å². The first-order chi connectivity index (χ1) is 14.0. The average Bonchev–Trinajstić information content (AvgIpc) is 3.15. The van der Waals surface area contributed by atoms with Crippen molar-refractivity contribution in [2.75, 3.05) is 0 Å². The third-order valence-electron chi connectivity index (χ3n) is 4.11. The number of hydrogen-bond acceptors (Lipinski definition) is 5. The summed E-state index contributed by atoms with van der Waals surface area (Å²) in [5, 5.41) is 16.8. The van der Waals surface area contributed by atoms with E-state index in [-0.39, 0.29) is 4.91 Å². The van der Waals surface area contributed by atoms with Crippen molar-refractivity contribution in [3.63, 3.8) is 0 Å². The van der Waals surface area contributed by atoms with Crippen LogP contribution in [0.4, 0.5) is 0 Å². The molecule has 3 aromatic rings. The molecule has 0 unspecified atom stereocenters. The topological polar surface area (TPSA) is 88.1 Å². The number of aryl methyl sites for hydroxylation is 2. The van der Waals surface area contributed by atoms with Gasteiger partial charge in [-0.3, -0.25) is 5.10 Å². The van der Waals surface area contributed by atoms with Crippen LogP contribution in [0.25, 0.3) is 6.08 Å². The van der Waals surface area contributed by atoms with Gasteiger partial charge < -0.3 is 9.84 Å². The summed E-state index contributed by atoms with van der Waals surface area (Å²) in [4.78, 5) is 16.1. The Morgan fingerprint density at radius 1 is 1.17 bits per heavy atom. The Labute approximate surface area is 174 Å². The zero-order valence-electron chi connectivity index (χ0n) is 16.4. The molecular formula is C22H23N3O3S. The first kappa shape index (κ1) is 20.7. The third kappa shape index (κ3) is 6.22. The van der Waals surface area contributed by atoms with Gasteiger partial charge in [-0.25, -0.2) is 9.78 Å². The van der Waals surface area contributed by atoms with Crippen LogP contribution in [0.1, 0.15) is 35.9 Å². The molecule has 7 heteroatoms. The van der Waals surface area contributed by atoms with E-state index in [4.69, 9.17) is 4.74 Å². The molecule has 0 saturated carbocycles. The highest BCUT2D eigenvalue weighted by atomic mass is 32.2. The van der Waals surface area contributed by atoms with Gasteiger partial charge in [-0.1, -0.05) is 48.9 Å². The van der Waals surface area contributed by atoms with Crippen molar-refractivity contribution >= 4 is 23.8 Å². The van der Waals surface area contributed by atoms with Crippen molar-refractivity contribution in [1.82, 2.24) is 15.2 Å². The highest BCUT2D eigenvalue weighted by molar-refractivity contribution is 8.04. The predicted octanol–water partition coefficient (Wildman–Crippen LogP) is 4.86. The second-order valence-corrected chi connectivity index (χ2v) is 7.58. The molecule has 0 spiro atoms. The maximum absolute atomic E-state index is 11.6. The lowest BCUT2D eigenvalue weighted by atomic mass is 10.1. The largest absolute Gasteiger partial charge is 0.489 e. The van der Waals surface area contributed by atoms with Crippen molar-refractivity contribution in [3.8, 4) is 5.75 Å². The minimum Gasteiger partial charge on any atom is -0.489 e. The maximum Gasteiger partial charge on any atom is 0.342 e. The molecule has 29 heavy (non-hydrogen) atoms. The van der Waals surface area contributed by atoms with Crippen LogP contribution in [-0.4, -0.2) is 26.3 Å². The van der Waals surface area contributed by atoms with Crippen LogP contribution in [0.5, 0.6) is 5.75 Å². The lowest BCUT2D eigenvalue weighted by Crippen LogP contribution is -1.98. The summed E-state index contributed by atoms with van der Waals surface area (Å²) in [6.07, 6.45) is 3.33. The van der Waals surface area contributed by atoms with E-state index in [2.05, 4.69) is 27.3 Å². The number of nitrogens with zero attached hydrogens (tertiary/aromatic N) is 2. The summed E-state index contributed by atoms with van der Waals surface area (Å²) in [6, 6.07) is 15.5. The van der Waals surface area contributed by atoms with Gasteiger partial charge in [0.15, 0.2) is 0 Å². The van der Waals surface area contributed by atoms with E-state index in [0.29, 0.717) is 11.8 Å². The fourth-order valence-corrected chi connectivity index (χ4v) is 3.29. The highest BCUT2D eigenvalue weighted by Crippen LogP contribution is 2.26. The number of nitrogens with one attached hydrogen (secondary N) is 1. The number of carboxylic acid groups (broad SMARTS) is 1. The van der Waals surface area contributed by atoms with E-state index in [1.807, 2.05) is 50.2 Å². The molecule has 2 N–H and O–H groups in total. The number of hydrogen-bond donors (Lipinski definition) is 2. The molecule has 3 rings (SSSR count). The van der Waals surface area contributed by atoms with Crippen LogP contribution in [0, 0.1) is 6.92 Å². The lowest BCUT2D eigenvalue weighted by molar-refractivity contribution is -0.131. The van der Waals surface area contributed by atoms with Crippen LogP contribution in [0.3, 0.4) is 0 Å². The summed E-state index contributed by atoms with van der Waals surface area (Å²) >= 11 is 1.03. The molecule has 0 radical (unpaired) electrons. The van der Waals surface area contributed by atoms with Gasteiger partial charge in [0.2, 0.25) is 5.16 Å². The molecule has 0 bridgehead atoms. The zero-order chi connectivity index (χ0) is 20.6. The average molecular weight is 410 g/mol. The standard InChI is InChI=1S/C22H23N3O3S/c1-3-4-20-23-22(25-24-20)29-19(21(26)27)13-16-9-11-18(12-10-16)28-14-17-7-5-15(2)6-8-17/h5-13H,3-4,14H2,1-2H3,(H,26,27)(H,23,24,25)/b19-13-. The van der Waals surface area contributed by atoms with Crippen molar-refractivity contribution in [1.29, 1.82) is 0 Å². The number of ether oxygens (including phenoxy) is 1. The Bertz CT molecular complexity index is 979. The summed E-state index contributed by atoms with van der Waals surface area (Å²) < 4.78 is 5.79. The van der Waals surface area contributed by atoms with Crippen LogP contribution < -0.4 is 4.74 Å². The number of benzene rings is 2. The molecule has 2 aromatic carbocycles. The molecular weight excluding hydrogens is 386 g/mol. The van der Waals surface area contributed by atoms with E-state index < -0.39 is 5.97 Å². The minimum absolute atomic E-state index is 0.153. The Balaban J connectivity index is 1.64. The molecule has 0 fully saturated rings. The van der Waals surface area contributed by atoms with E-state index >= 15 is 0 Å². The Morgan fingerprint density at radius 2 is 1.90 bits per heavy atom. The monoisotopic (exact) mass is 409 g/mol. The van der Waals surface area contributed by atoms with Gasteiger partial charge in [-0.2, -0.15) is 0 Å². The van der Waals surface area contributed by atoms with Gasteiger partial charge in [0.25, 0.3) is 0 Å². The second kappa shape index (κ2) is 9.93. The Morgan fingerprint density at radius 3 is 2.55 bits per heavy atom. The SMILES string of the molecule is CCCc1nc(S/C(=C\c2ccc(OCc3ccc(C)cc3)cc2)C(=O)O)n[nH]1. The molecule has 0 aliphatic heterocycles. The number of thioether (sulfide) groups is 1. The quantitative estimate of drug-likeness (QED) is 0.387. The summed E-state index contributed by atoms with van der Waals surface area (Å²) in [5.74, 6) is 0.469. The molecule has 1 aromatic heterocycles. The molecule has 6 nitrogen and oxygen atoms in total. The summed E-state index contributed by atoms with van der Waals surface area (Å²) in [5.41, 5.74) is 3.07. The predicted molar refractivity (Wildman–Crippen MR) is 114 cm³/mol. The van der Waals surface area contributed by atoms with Crippen molar-refractivity contribution in [3.05, 3.63) is 76.0 Å². The van der Waals surface area contributed by atoms with Crippen LogP contribution >= 0.6 is 11.8 Å². The number of carboxylic acids is 1. The molecule has 0 saturated heterocycles. The van der Waals surface area contributed by atoms with Crippen LogP contribution in [0.2, 0.25) is 0 Å². The van der Waals surface area contributed by atoms with Crippen molar-refractivity contribution < 1.29 is 14.6 Å². The van der Waals surface area contributed by atoms with Gasteiger partial charge in [0.1, 0.15) is 23.1 Å². The highest BCUT2D eigenvalue weighted by Gasteiger charge is 2.13. The van der Waals surface area contributed by atoms with E-state index in [1.165, 1.54) is 5.56 Å². The van der Waals surface area contributed by atoms with Crippen molar-refractivity contribution in [2.24, 2.45) is 0 Å². The summed E-state index contributed by atoms with van der Waals surface area (Å²) in [7, 11) is 0. The van der Waals surface area contributed by atoms with E-state index in [0.717, 1.165) is 47.3 Å². The van der Waals surface area contributed by atoms with Gasteiger partial charge in [-0.05, 0) is 54.4 Å². The van der Waals surface area contributed by atoms with Crippen molar-refractivity contribution in [2.45, 2.75) is 38.5 Å². The number of aromatic amines is 1. The number of rotatable bonds is 9. The first-order valence-electron chi connectivity index (χ1n) is 9.36.